The number of halogens is 1. The van der Waals surface area contributed by atoms with Crippen molar-refractivity contribution in [2.75, 3.05) is 11.8 Å². The summed E-state index contributed by atoms with van der Waals surface area (Å²) in [5, 5.41) is 0.133. The van der Waals surface area contributed by atoms with Crippen molar-refractivity contribution in [1.82, 2.24) is 0 Å². The topological polar surface area (TPSA) is 72.5 Å². The van der Waals surface area contributed by atoms with Gasteiger partial charge in [-0.15, -0.1) is 0 Å². The number of hydrogen-bond donors (Lipinski definition) is 1. The number of ether oxygens (including phenoxy) is 1. The van der Waals surface area contributed by atoms with Gasteiger partial charge in [0.2, 0.25) is 0 Å². The number of methoxy groups -OCH3 is 1. The van der Waals surface area contributed by atoms with Crippen molar-refractivity contribution < 1.29 is 17.9 Å². The van der Waals surface area contributed by atoms with Crippen LogP contribution in [0.1, 0.15) is 35.3 Å². The zero-order valence-corrected chi connectivity index (χ0v) is 15.9. The first-order valence-corrected chi connectivity index (χ1v) is 9.71. The fraction of sp³-hybridized carbons (Fsp3) is 0.278. The molecule has 0 saturated heterocycles. The first-order chi connectivity index (χ1) is 11.8. The predicted octanol–water partition coefficient (Wildman–Crippen LogP) is 4.05. The van der Waals surface area contributed by atoms with Crippen molar-refractivity contribution in [2.24, 2.45) is 0 Å². The maximum atomic E-state index is 12.8. The fourth-order valence-corrected chi connectivity index (χ4v) is 3.87. The fourth-order valence-electron chi connectivity index (χ4n) is 2.50. The lowest BCUT2D eigenvalue weighted by atomic mass is 10.0. The Morgan fingerprint density at radius 3 is 2.24 bits per heavy atom. The Morgan fingerprint density at radius 2 is 1.72 bits per heavy atom. The molecule has 0 aliphatic rings. The van der Waals surface area contributed by atoms with Crippen molar-refractivity contribution in [3.63, 3.8) is 0 Å². The molecule has 0 radical (unpaired) electrons. The van der Waals surface area contributed by atoms with Crippen molar-refractivity contribution in [3.8, 4) is 0 Å². The van der Waals surface area contributed by atoms with Crippen LogP contribution in [-0.4, -0.2) is 21.5 Å². The molecule has 134 valence electrons. The summed E-state index contributed by atoms with van der Waals surface area (Å²) in [5.74, 6) is -0.690. The van der Waals surface area contributed by atoms with Gasteiger partial charge in [-0.3, -0.25) is 4.72 Å². The van der Waals surface area contributed by atoms with E-state index in [1.54, 1.807) is 0 Å². The Morgan fingerprint density at radius 1 is 1.12 bits per heavy atom. The minimum Gasteiger partial charge on any atom is -0.465 e. The molecule has 0 heterocycles. The van der Waals surface area contributed by atoms with Gasteiger partial charge in [0.05, 0.1) is 28.3 Å². The molecule has 5 nitrogen and oxygen atoms in total. The summed E-state index contributed by atoms with van der Waals surface area (Å²) < 4.78 is 32.9. The predicted molar refractivity (Wildman–Crippen MR) is 98.8 cm³/mol. The van der Waals surface area contributed by atoms with E-state index in [2.05, 4.69) is 9.46 Å². The number of rotatable bonds is 6. The minimum absolute atomic E-state index is 0.00605. The van der Waals surface area contributed by atoms with Crippen molar-refractivity contribution in [2.45, 2.75) is 31.6 Å². The summed E-state index contributed by atoms with van der Waals surface area (Å²) in [7, 11) is -2.66. The lowest BCUT2D eigenvalue weighted by molar-refractivity contribution is 0.0600. The van der Waals surface area contributed by atoms with E-state index >= 15 is 0 Å². The number of nitrogens with one attached hydrogen (secondary N) is 1. The number of benzene rings is 2. The van der Waals surface area contributed by atoms with Crippen LogP contribution in [0, 0.1) is 0 Å². The van der Waals surface area contributed by atoms with Crippen LogP contribution >= 0.6 is 11.6 Å². The molecule has 0 atom stereocenters. The quantitative estimate of drug-likeness (QED) is 0.766. The summed E-state index contributed by atoms with van der Waals surface area (Å²) in [4.78, 5) is 11.7. The molecule has 25 heavy (non-hydrogen) atoms. The number of anilines is 1. The Labute approximate surface area is 153 Å². The highest BCUT2D eigenvalue weighted by Crippen LogP contribution is 2.27. The maximum Gasteiger partial charge on any atom is 0.339 e. The van der Waals surface area contributed by atoms with Crippen LogP contribution in [0.4, 0.5) is 5.69 Å². The van der Waals surface area contributed by atoms with E-state index in [0.717, 1.165) is 11.1 Å². The Balaban J connectivity index is 2.49. The van der Waals surface area contributed by atoms with Crippen molar-refractivity contribution in [3.05, 3.63) is 58.1 Å². The number of carbonyl (C=O) groups is 1. The van der Waals surface area contributed by atoms with Crippen molar-refractivity contribution >= 4 is 33.3 Å². The Bertz CT molecular complexity index is 872. The number of hydrogen-bond acceptors (Lipinski definition) is 4. The summed E-state index contributed by atoms with van der Waals surface area (Å²) in [5.41, 5.74) is 2.41. The number of aryl methyl sites for hydroxylation is 2. The summed E-state index contributed by atoms with van der Waals surface area (Å²) in [6, 6.07) is 9.63. The normalized spacial score (nSPS) is 11.2. The monoisotopic (exact) mass is 381 g/mol. The molecule has 0 saturated carbocycles. The molecule has 1 N–H and O–H groups in total. The van der Waals surface area contributed by atoms with Gasteiger partial charge in [0.1, 0.15) is 0 Å². The third-order valence-corrected chi connectivity index (χ3v) is 5.57. The molecule has 2 aromatic carbocycles. The molecule has 7 heteroatoms. The summed E-state index contributed by atoms with van der Waals surface area (Å²) in [6.45, 7) is 3.93. The van der Waals surface area contributed by atoms with Gasteiger partial charge in [-0.25, -0.2) is 13.2 Å². The van der Waals surface area contributed by atoms with Crippen LogP contribution in [0.5, 0.6) is 0 Å². The molecule has 2 rings (SSSR count). The molecule has 0 amide bonds. The van der Waals surface area contributed by atoms with Gasteiger partial charge < -0.3 is 4.74 Å². The van der Waals surface area contributed by atoms with Crippen molar-refractivity contribution in [1.29, 1.82) is 0 Å². The summed E-state index contributed by atoms with van der Waals surface area (Å²) >= 11 is 5.96. The largest absolute Gasteiger partial charge is 0.465 e. The minimum atomic E-state index is -3.88. The van der Waals surface area contributed by atoms with E-state index in [9.17, 15) is 13.2 Å². The molecule has 0 unspecified atom stereocenters. The molecule has 0 spiro atoms. The van der Waals surface area contributed by atoms with E-state index in [0.29, 0.717) is 18.5 Å². The van der Waals surface area contributed by atoms with E-state index in [4.69, 9.17) is 11.6 Å². The van der Waals surface area contributed by atoms with Crippen LogP contribution in [0.25, 0.3) is 0 Å². The van der Waals surface area contributed by atoms with Crippen LogP contribution in [0.3, 0.4) is 0 Å². The zero-order chi connectivity index (χ0) is 18.6. The average molecular weight is 382 g/mol. The second kappa shape index (κ2) is 7.89. The van der Waals surface area contributed by atoms with Gasteiger partial charge in [-0.2, -0.15) is 0 Å². The van der Waals surface area contributed by atoms with Gasteiger partial charge in [-0.1, -0.05) is 43.6 Å². The Kier molecular flexibility index (Phi) is 6.08. The zero-order valence-electron chi connectivity index (χ0n) is 14.3. The van der Waals surface area contributed by atoms with Crippen LogP contribution in [0.15, 0.2) is 41.3 Å². The molecular weight excluding hydrogens is 362 g/mol. The second-order valence-corrected chi connectivity index (χ2v) is 7.49. The van der Waals surface area contributed by atoms with Crippen LogP contribution in [-0.2, 0) is 27.6 Å². The third kappa shape index (κ3) is 4.14. The standard InChI is InChI=1S/C18H20ClNO4S/c1-4-12-7-6-8-13(5-2)17(12)20-25(22,23)14-9-10-16(19)15(11-14)18(21)24-3/h6-11,20H,4-5H2,1-3H3. The van der Waals surface area contributed by atoms with Gasteiger partial charge in [0, 0.05) is 0 Å². The molecular formula is C18H20ClNO4S. The highest BCUT2D eigenvalue weighted by molar-refractivity contribution is 7.92. The van der Waals surface area contributed by atoms with Gasteiger partial charge in [0.25, 0.3) is 10.0 Å². The van der Waals surface area contributed by atoms with Gasteiger partial charge in [0.15, 0.2) is 0 Å². The van der Waals surface area contributed by atoms with E-state index in [1.807, 2.05) is 32.0 Å². The number of esters is 1. The Hall–Kier alpha value is -2.05. The van der Waals surface area contributed by atoms with E-state index in [1.165, 1.54) is 25.3 Å². The molecule has 0 aromatic heterocycles. The smallest absolute Gasteiger partial charge is 0.339 e. The lowest BCUT2D eigenvalue weighted by Crippen LogP contribution is -2.16. The number of sulfonamides is 1. The molecule has 0 bridgehead atoms. The lowest BCUT2D eigenvalue weighted by Gasteiger charge is -2.16. The average Bonchev–Trinajstić information content (AvgIpc) is 2.61. The first-order valence-electron chi connectivity index (χ1n) is 7.85. The third-order valence-electron chi connectivity index (χ3n) is 3.89. The molecule has 0 aliphatic carbocycles. The van der Waals surface area contributed by atoms with E-state index in [-0.39, 0.29) is 15.5 Å². The van der Waals surface area contributed by atoms with Gasteiger partial charge >= 0.3 is 5.97 Å². The number of para-hydroxylation sites is 1. The highest BCUT2D eigenvalue weighted by Gasteiger charge is 2.21. The number of carbonyl (C=O) groups excluding carboxylic acids is 1. The summed E-state index contributed by atoms with van der Waals surface area (Å²) in [6.07, 6.45) is 1.39. The molecule has 0 fully saturated rings. The highest BCUT2D eigenvalue weighted by atomic mass is 35.5. The first kappa shape index (κ1) is 19.3. The van der Waals surface area contributed by atoms with Crippen LogP contribution in [0.2, 0.25) is 5.02 Å². The molecule has 0 aliphatic heterocycles. The SMILES string of the molecule is CCc1cccc(CC)c1NS(=O)(=O)c1ccc(Cl)c(C(=O)OC)c1. The molecule has 2 aromatic rings. The van der Waals surface area contributed by atoms with Crippen LogP contribution < -0.4 is 4.72 Å². The second-order valence-electron chi connectivity index (χ2n) is 5.40. The maximum absolute atomic E-state index is 12.8. The van der Waals surface area contributed by atoms with Gasteiger partial charge in [-0.05, 0) is 42.2 Å². The van der Waals surface area contributed by atoms with E-state index < -0.39 is 16.0 Å².